The molecule has 1 aliphatic carbocycles. The van der Waals surface area contributed by atoms with Gasteiger partial charge in [-0.2, -0.15) is 0 Å². The van der Waals surface area contributed by atoms with Crippen LogP contribution in [0.3, 0.4) is 0 Å². The minimum absolute atomic E-state index is 0.246. The lowest BCUT2D eigenvalue weighted by atomic mass is 9.84. The fourth-order valence-electron chi connectivity index (χ4n) is 1.37. The van der Waals surface area contributed by atoms with Gasteiger partial charge in [-0.25, -0.2) is 0 Å². The highest BCUT2D eigenvalue weighted by molar-refractivity contribution is 6.38. The van der Waals surface area contributed by atoms with Crippen molar-refractivity contribution in [1.82, 2.24) is 0 Å². The monoisotopic (exact) mass is 194 g/mol. The molecule has 1 aromatic carbocycles. The second-order valence-electron chi connectivity index (χ2n) is 2.90. The van der Waals surface area contributed by atoms with Crippen LogP contribution in [0, 0.1) is 0 Å². The van der Waals surface area contributed by atoms with Crippen LogP contribution in [0.4, 0.5) is 0 Å². The number of benzene rings is 1. The van der Waals surface area contributed by atoms with E-state index in [1.807, 2.05) is 30.3 Å². The number of hydrogen-bond donors (Lipinski definition) is 1. The van der Waals surface area contributed by atoms with Gasteiger partial charge >= 0.3 is 0 Å². The number of aliphatic hydroxyl groups is 1. The number of allylic oxidation sites excluding steroid dienone is 2. The largest absolute Gasteiger partial charge is 0.504 e. The zero-order valence-electron chi connectivity index (χ0n) is 6.70. The highest BCUT2D eigenvalue weighted by Crippen LogP contribution is 2.40. The average molecular weight is 195 g/mol. The zero-order chi connectivity index (χ0) is 9.42. The molecule has 1 N–H and O–H groups in total. The van der Waals surface area contributed by atoms with Crippen molar-refractivity contribution in [1.29, 1.82) is 0 Å². The van der Waals surface area contributed by atoms with Crippen LogP contribution >= 0.6 is 11.6 Å². The number of carbonyl (C=O) groups excluding carboxylic acids is 1. The predicted octanol–water partition coefficient (Wildman–Crippen LogP) is 2.36. The van der Waals surface area contributed by atoms with Crippen LogP contribution < -0.4 is 0 Å². The van der Waals surface area contributed by atoms with Crippen molar-refractivity contribution in [3.05, 3.63) is 46.7 Å². The van der Waals surface area contributed by atoms with Crippen LogP contribution in [0.5, 0.6) is 0 Å². The molecule has 0 bridgehead atoms. The van der Waals surface area contributed by atoms with Gasteiger partial charge in [-0.1, -0.05) is 41.9 Å². The Morgan fingerprint density at radius 2 is 1.85 bits per heavy atom. The molecule has 1 aromatic rings. The van der Waals surface area contributed by atoms with Crippen molar-refractivity contribution < 1.29 is 9.90 Å². The molecule has 1 unspecified atom stereocenters. The van der Waals surface area contributed by atoms with Crippen molar-refractivity contribution in [3.63, 3.8) is 0 Å². The molecule has 13 heavy (non-hydrogen) atoms. The number of rotatable bonds is 1. The van der Waals surface area contributed by atoms with E-state index in [0.717, 1.165) is 5.56 Å². The highest BCUT2D eigenvalue weighted by atomic mass is 35.5. The molecule has 0 heterocycles. The molecular weight excluding hydrogens is 188 g/mol. The van der Waals surface area contributed by atoms with E-state index < -0.39 is 5.92 Å². The summed E-state index contributed by atoms with van der Waals surface area (Å²) >= 11 is 5.70. The maximum absolute atomic E-state index is 11.2. The van der Waals surface area contributed by atoms with E-state index in [1.54, 1.807) is 0 Å². The van der Waals surface area contributed by atoms with E-state index in [0.29, 0.717) is 0 Å². The number of carbonyl (C=O) groups is 1. The van der Waals surface area contributed by atoms with E-state index in [-0.39, 0.29) is 16.6 Å². The second kappa shape index (κ2) is 2.89. The number of Topliss-reactive ketones (excluding diaryl/α,β-unsaturated/α-hetero) is 1. The van der Waals surface area contributed by atoms with E-state index in [9.17, 15) is 4.79 Å². The molecule has 0 spiro atoms. The third-order valence-electron chi connectivity index (χ3n) is 2.11. The fourth-order valence-corrected chi connectivity index (χ4v) is 1.69. The number of halogens is 1. The summed E-state index contributed by atoms with van der Waals surface area (Å²) in [6.07, 6.45) is 0. The fraction of sp³-hybridized carbons (Fsp3) is 0.100. The summed E-state index contributed by atoms with van der Waals surface area (Å²) in [7, 11) is 0. The van der Waals surface area contributed by atoms with Crippen molar-refractivity contribution in [2.75, 3.05) is 0 Å². The lowest BCUT2D eigenvalue weighted by Crippen LogP contribution is -2.26. The molecule has 0 radical (unpaired) electrons. The maximum Gasteiger partial charge on any atom is 0.211 e. The van der Waals surface area contributed by atoms with Crippen molar-refractivity contribution in [3.8, 4) is 0 Å². The Labute approximate surface area is 80.5 Å². The van der Waals surface area contributed by atoms with Crippen LogP contribution in [-0.4, -0.2) is 10.9 Å². The summed E-state index contributed by atoms with van der Waals surface area (Å²) in [5.41, 5.74) is 0.829. The number of aliphatic hydroxyl groups excluding tert-OH is 1. The Hall–Kier alpha value is -1.28. The third-order valence-corrected chi connectivity index (χ3v) is 2.51. The van der Waals surface area contributed by atoms with Gasteiger partial charge in [-0.05, 0) is 5.56 Å². The summed E-state index contributed by atoms with van der Waals surface area (Å²) in [6.45, 7) is 0. The van der Waals surface area contributed by atoms with Gasteiger partial charge in [0.2, 0.25) is 5.78 Å². The topological polar surface area (TPSA) is 37.3 Å². The normalized spacial score (nSPS) is 21.6. The zero-order valence-corrected chi connectivity index (χ0v) is 7.45. The first-order valence-corrected chi connectivity index (χ1v) is 4.27. The van der Waals surface area contributed by atoms with Crippen molar-refractivity contribution in [2.24, 2.45) is 0 Å². The van der Waals surface area contributed by atoms with E-state index >= 15 is 0 Å². The Balaban J connectivity index is 2.38. The Kier molecular flexibility index (Phi) is 1.85. The van der Waals surface area contributed by atoms with Crippen LogP contribution in [0.2, 0.25) is 0 Å². The van der Waals surface area contributed by atoms with Crippen molar-refractivity contribution >= 4 is 17.4 Å². The van der Waals surface area contributed by atoms with E-state index in [1.165, 1.54) is 0 Å². The molecule has 66 valence electrons. The van der Waals surface area contributed by atoms with Crippen LogP contribution in [-0.2, 0) is 4.79 Å². The van der Waals surface area contributed by atoms with E-state index in [4.69, 9.17) is 16.7 Å². The van der Waals surface area contributed by atoms with Gasteiger partial charge in [-0.15, -0.1) is 0 Å². The third kappa shape index (κ3) is 1.14. The molecule has 3 heteroatoms. The number of ketones is 1. The molecule has 2 rings (SSSR count). The summed E-state index contributed by atoms with van der Waals surface area (Å²) in [5.74, 6) is -1.03. The van der Waals surface area contributed by atoms with Gasteiger partial charge in [0.15, 0.2) is 5.76 Å². The molecule has 0 saturated carbocycles. The minimum Gasteiger partial charge on any atom is -0.504 e. The molecular formula is C10H7ClO2. The van der Waals surface area contributed by atoms with Gasteiger partial charge < -0.3 is 5.11 Å². The molecule has 0 aromatic heterocycles. The van der Waals surface area contributed by atoms with E-state index in [2.05, 4.69) is 0 Å². The highest BCUT2D eigenvalue weighted by Gasteiger charge is 2.39. The Morgan fingerprint density at radius 1 is 1.23 bits per heavy atom. The Bertz CT molecular complexity index is 381. The van der Waals surface area contributed by atoms with Gasteiger partial charge in [0.05, 0.1) is 11.0 Å². The molecule has 0 fully saturated rings. The first kappa shape index (κ1) is 8.32. The molecule has 1 aliphatic rings. The van der Waals surface area contributed by atoms with Gasteiger partial charge in [-0.3, -0.25) is 4.79 Å². The molecule has 0 aliphatic heterocycles. The predicted molar refractivity (Wildman–Crippen MR) is 49.7 cm³/mol. The van der Waals surface area contributed by atoms with Crippen molar-refractivity contribution in [2.45, 2.75) is 5.92 Å². The van der Waals surface area contributed by atoms with Gasteiger partial charge in [0.25, 0.3) is 0 Å². The first-order chi connectivity index (χ1) is 6.22. The molecule has 0 saturated heterocycles. The first-order valence-electron chi connectivity index (χ1n) is 3.89. The quantitative estimate of drug-likeness (QED) is 0.745. The molecule has 0 amide bonds. The van der Waals surface area contributed by atoms with Gasteiger partial charge in [0.1, 0.15) is 0 Å². The Morgan fingerprint density at radius 3 is 2.38 bits per heavy atom. The standard InChI is InChI=1S/C10H7ClO2/c11-8-7(9(12)10(8)13)6-4-2-1-3-5-6/h1-5,7,13H. The summed E-state index contributed by atoms with van der Waals surface area (Å²) < 4.78 is 0. The SMILES string of the molecule is O=C1C(O)=C(Cl)C1c1ccccc1. The average Bonchev–Trinajstić information content (AvgIpc) is 2.19. The molecule has 2 nitrogen and oxygen atoms in total. The maximum atomic E-state index is 11.2. The molecule has 1 atom stereocenters. The summed E-state index contributed by atoms with van der Waals surface area (Å²) in [4.78, 5) is 11.2. The minimum atomic E-state index is -0.442. The van der Waals surface area contributed by atoms with Gasteiger partial charge in [0, 0.05) is 0 Å². The lowest BCUT2D eigenvalue weighted by molar-refractivity contribution is -0.120. The second-order valence-corrected chi connectivity index (χ2v) is 3.31. The summed E-state index contributed by atoms with van der Waals surface area (Å²) in [6, 6.07) is 9.17. The lowest BCUT2D eigenvalue weighted by Gasteiger charge is -2.23. The van der Waals surface area contributed by atoms with Crippen LogP contribution in [0.15, 0.2) is 41.1 Å². The van der Waals surface area contributed by atoms with Crippen LogP contribution in [0.1, 0.15) is 11.5 Å². The number of hydrogen-bond acceptors (Lipinski definition) is 2. The summed E-state index contributed by atoms with van der Waals surface area (Å²) in [5, 5.41) is 9.26. The van der Waals surface area contributed by atoms with Crippen LogP contribution in [0.25, 0.3) is 0 Å². The smallest absolute Gasteiger partial charge is 0.211 e.